The summed E-state index contributed by atoms with van der Waals surface area (Å²) in [5.41, 5.74) is 3.86. The fourth-order valence-electron chi connectivity index (χ4n) is 4.32. The van der Waals surface area contributed by atoms with E-state index in [1.165, 1.54) is 0 Å². The summed E-state index contributed by atoms with van der Waals surface area (Å²) in [7, 11) is 0. The van der Waals surface area contributed by atoms with Crippen molar-refractivity contribution in [2.75, 3.05) is 6.54 Å². The van der Waals surface area contributed by atoms with E-state index in [0.717, 1.165) is 16.8 Å². The van der Waals surface area contributed by atoms with E-state index in [2.05, 4.69) is 0 Å². The lowest BCUT2D eigenvalue weighted by Gasteiger charge is -2.32. The van der Waals surface area contributed by atoms with Crippen molar-refractivity contribution in [3.63, 3.8) is 0 Å². The molecule has 0 aliphatic heterocycles. The Bertz CT molecular complexity index is 1430. The van der Waals surface area contributed by atoms with Crippen molar-refractivity contribution in [3.05, 3.63) is 105 Å². The Hall–Kier alpha value is -3.44. The molecule has 5 nitrogen and oxygen atoms in total. The topological polar surface area (TPSA) is 55.2 Å². The normalized spacial score (nSPS) is 12.0. The summed E-state index contributed by atoms with van der Waals surface area (Å²) in [5.74, 6) is 0.353. The number of hydrogen-bond acceptors (Lipinski definition) is 3. The monoisotopic (exact) mass is 473 g/mol. The van der Waals surface area contributed by atoms with Crippen LogP contribution in [0.15, 0.2) is 71.5 Å². The van der Waals surface area contributed by atoms with Crippen molar-refractivity contribution in [2.45, 2.75) is 40.2 Å². The quantitative estimate of drug-likeness (QED) is 0.331. The van der Waals surface area contributed by atoms with Crippen LogP contribution >= 0.6 is 11.6 Å². The fourth-order valence-corrected chi connectivity index (χ4v) is 4.54. The molecule has 0 N–H and O–H groups in total. The van der Waals surface area contributed by atoms with Gasteiger partial charge in [0.2, 0.25) is 0 Å². The first kappa shape index (κ1) is 23.7. The lowest BCUT2D eigenvalue weighted by Crippen LogP contribution is -2.38. The largest absolute Gasteiger partial charge is 0.329 e. The van der Waals surface area contributed by atoms with Gasteiger partial charge in [-0.3, -0.25) is 14.2 Å². The number of hydrogen-bond donors (Lipinski definition) is 0. The summed E-state index contributed by atoms with van der Waals surface area (Å²) < 4.78 is 1.66. The van der Waals surface area contributed by atoms with Gasteiger partial charge in [0.05, 0.1) is 33.2 Å². The van der Waals surface area contributed by atoms with Gasteiger partial charge in [0.25, 0.3) is 11.5 Å². The van der Waals surface area contributed by atoms with Gasteiger partial charge in [-0.1, -0.05) is 48.9 Å². The molecule has 0 radical (unpaired) electrons. The first-order valence-electron chi connectivity index (χ1n) is 11.5. The minimum Gasteiger partial charge on any atom is -0.329 e. The van der Waals surface area contributed by atoms with E-state index < -0.39 is 6.04 Å². The van der Waals surface area contributed by atoms with E-state index in [1.54, 1.807) is 39.8 Å². The van der Waals surface area contributed by atoms with Gasteiger partial charge < -0.3 is 4.90 Å². The molecule has 34 heavy (non-hydrogen) atoms. The van der Waals surface area contributed by atoms with Crippen LogP contribution < -0.4 is 5.56 Å². The van der Waals surface area contributed by atoms with Gasteiger partial charge >= 0.3 is 0 Å². The second-order valence-corrected chi connectivity index (χ2v) is 8.80. The number of benzene rings is 3. The maximum Gasteiger partial charge on any atom is 0.266 e. The summed E-state index contributed by atoms with van der Waals surface area (Å²) in [6.07, 6.45) is 0.583. The number of para-hydroxylation sites is 1. The molecule has 174 valence electrons. The van der Waals surface area contributed by atoms with Crippen molar-refractivity contribution in [3.8, 4) is 5.69 Å². The highest BCUT2D eigenvalue weighted by molar-refractivity contribution is 6.33. The van der Waals surface area contributed by atoms with Crippen molar-refractivity contribution in [1.29, 1.82) is 0 Å². The smallest absolute Gasteiger partial charge is 0.266 e. The summed E-state index contributed by atoms with van der Waals surface area (Å²) in [6, 6.07) is 19.9. The zero-order valence-electron chi connectivity index (χ0n) is 19.9. The average molecular weight is 474 g/mol. The summed E-state index contributed by atoms with van der Waals surface area (Å²) >= 11 is 6.36. The third kappa shape index (κ3) is 4.24. The van der Waals surface area contributed by atoms with Gasteiger partial charge in [-0.25, -0.2) is 4.98 Å². The van der Waals surface area contributed by atoms with Gasteiger partial charge in [0.15, 0.2) is 0 Å². The molecule has 0 aliphatic rings. The fraction of sp³-hybridized carbons (Fsp3) is 0.250. The average Bonchev–Trinajstić information content (AvgIpc) is 2.84. The number of carbonyl (C=O) groups excluding carboxylic acids is 1. The first-order chi connectivity index (χ1) is 16.4. The van der Waals surface area contributed by atoms with Crippen LogP contribution in [0.4, 0.5) is 0 Å². The lowest BCUT2D eigenvalue weighted by atomic mass is 10.1. The molecule has 1 atom stereocenters. The minimum atomic E-state index is -0.423. The molecule has 1 amide bonds. The summed E-state index contributed by atoms with van der Waals surface area (Å²) in [6.45, 7) is 8.43. The Labute approximate surface area is 204 Å². The molecule has 4 rings (SSSR count). The molecule has 0 saturated carbocycles. The number of carbonyl (C=O) groups is 1. The Balaban J connectivity index is 1.97. The van der Waals surface area contributed by atoms with E-state index in [-0.39, 0.29) is 11.5 Å². The van der Waals surface area contributed by atoms with E-state index in [1.807, 2.05) is 64.1 Å². The third-order valence-electron chi connectivity index (χ3n) is 6.32. The van der Waals surface area contributed by atoms with Crippen molar-refractivity contribution in [1.82, 2.24) is 14.5 Å². The molecule has 1 heterocycles. The predicted octanol–water partition coefficient (Wildman–Crippen LogP) is 6.27. The van der Waals surface area contributed by atoms with E-state index in [9.17, 15) is 9.59 Å². The molecule has 0 saturated heterocycles. The molecular formula is C28H28ClN3O2. The molecule has 4 aromatic rings. The summed E-state index contributed by atoms with van der Waals surface area (Å²) in [5, 5.41) is 0.943. The Morgan fingerprint density at radius 3 is 2.38 bits per heavy atom. The molecule has 6 heteroatoms. The van der Waals surface area contributed by atoms with Crippen LogP contribution in [-0.4, -0.2) is 26.9 Å². The Morgan fingerprint density at radius 2 is 1.71 bits per heavy atom. The number of halogens is 1. The molecule has 1 unspecified atom stereocenters. The molecule has 0 spiro atoms. The number of amides is 1. The van der Waals surface area contributed by atoms with Crippen molar-refractivity contribution < 1.29 is 4.79 Å². The maximum absolute atomic E-state index is 13.8. The van der Waals surface area contributed by atoms with E-state index in [4.69, 9.17) is 16.6 Å². The van der Waals surface area contributed by atoms with Gasteiger partial charge in [0.1, 0.15) is 5.82 Å². The summed E-state index contributed by atoms with van der Waals surface area (Å²) in [4.78, 5) is 34.0. The standard InChI is InChI=1S/C28H28ClN3O2/c1-5-25(31(6-2)27(33)21-11-7-9-13-23(21)29)26-30-24-14-10-8-12-22(24)28(34)32(26)20-16-15-18(3)19(4)17-20/h7-17,25H,5-6H2,1-4H3. The zero-order chi connectivity index (χ0) is 24.4. The first-order valence-corrected chi connectivity index (χ1v) is 11.9. The van der Waals surface area contributed by atoms with Crippen LogP contribution in [0.1, 0.15) is 53.6 Å². The van der Waals surface area contributed by atoms with Crippen molar-refractivity contribution >= 4 is 28.4 Å². The SMILES string of the molecule is CCC(c1nc2ccccc2c(=O)n1-c1ccc(C)c(C)c1)N(CC)C(=O)c1ccccc1Cl. The predicted molar refractivity (Wildman–Crippen MR) is 138 cm³/mol. The van der Waals surface area contributed by atoms with Gasteiger partial charge in [-0.2, -0.15) is 0 Å². The molecule has 0 fully saturated rings. The number of fused-ring (bicyclic) bond motifs is 1. The van der Waals surface area contributed by atoms with Crippen molar-refractivity contribution in [2.24, 2.45) is 0 Å². The minimum absolute atomic E-state index is 0.149. The second-order valence-electron chi connectivity index (χ2n) is 8.39. The Morgan fingerprint density at radius 1 is 1.00 bits per heavy atom. The number of rotatable bonds is 6. The number of nitrogens with zero attached hydrogens (tertiary/aromatic N) is 3. The van der Waals surface area contributed by atoms with E-state index in [0.29, 0.717) is 40.3 Å². The van der Waals surface area contributed by atoms with Gasteiger partial charge in [-0.05, 0) is 74.7 Å². The molecular weight excluding hydrogens is 446 g/mol. The van der Waals surface area contributed by atoms with E-state index >= 15 is 0 Å². The number of aromatic nitrogens is 2. The molecule has 0 bridgehead atoms. The highest BCUT2D eigenvalue weighted by Crippen LogP contribution is 2.29. The van der Waals surface area contributed by atoms with Crippen LogP contribution in [0.5, 0.6) is 0 Å². The maximum atomic E-state index is 13.8. The zero-order valence-corrected chi connectivity index (χ0v) is 20.6. The van der Waals surface area contributed by atoms with Crippen LogP contribution in [0, 0.1) is 13.8 Å². The molecule has 0 aliphatic carbocycles. The van der Waals surface area contributed by atoms with Crippen LogP contribution in [-0.2, 0) is 0 Å². The molecule has 1 aromatic heterocycles. The van der Waals surface area contributed by atoms with Gasteiger partial charge in [-0.15, -0.1) is 0 Å². The van der Waals surface area contributed by atoms with Crippen LogP contribution in [0.25, 0.3) is 16.6 Å². The molecule has 3 aromatic carbocycles. The lowest BCUT2D eigenvalue weighted by molar-refractivity contribution is 0.0672. The third-order valence-corrected chi connectivity index (χ3v) is 6.65. The number of aryl methyl sites for hydroxylation is 2. The van der Waals surface area contributed by atoms with Crippen LogP contribution in [0.2, 0.25) is 5.02 Å². The van der Waals surface area contributed by atoms with Crippen LogP contribution in [0.3, 0.4) is 0 Å². The Kier molecular flexibility index (Phi) is 6.85. The van der Waals surface area contributed by atoms with Gasteiger partial charge in [0, 0.05) is 6.54 Å². The highest BCUT2D eigenvalue weighted by atomic mass is 35.5. The second kappa shape index (κ2) is 9.82. The highest BCUT2D eigenvalue weighted by Gasteiger charge is 2.29.